The van der Waals surface area contributed by atoms with E-state index in [1.54, 1.807) is 18.2 Å². The molecule has 1 aromatic heterocycles. The molecule has 4 rings (SSSR count). The zero-order chi connectivity index (χ0) is 21.6. The van der Waals surface area contributed by atoms with Gasteiger partial charge in [0.15, 0.2) is 0 Å². The summed E-state index contributed by atoms with van der Waals surface area (Å²) < 4.78 is 8.22. The molecule has 1 aliphatic heterocycles. The van der Waals surface area contributed by atoms with E-state index < -0.39 is 5.97 Å². The van der Waals surface area contributed by atoms with Crippen molar-refractivity contribution in [3.63, 3.8) is 0 Å². The van der Waals surface area contributed by atoms with Crippen molar-refractivity contribution in [3.8, 4) is 5.75 Å². The molecule has 164 valence electrons. The quantitative estimate of drug-likeness (QED) is 0.504. The molecule has 2 aromatic carbocycles. The van der Waals surface area contributed by atoms with Gasteiger partial charge in [-0.25, -0.2) is 4.79 Å². The largest absolute Gasteiger partial charge is 0.491 e. The van der Waals surface area contributed by atoms with Crippen LogP contribution in [-0.4, -0.2) is 46.8 Å². The molecule has 0 saturated carbocycles. The molecule has 5 heteroatoms. The molecule has 3 aromatic rings. The molecule has 31 heavy (non-hydrogen) atoms. The number of hydrogen-bond donors (Lipinski definition) is 1. The van der Waals surface area contributed by atoms with E-state index in [2.05, 4.69) is 46.9 Å². The molecular weight excluding hydrogens is 388 g/mol. The number of carboxylic acids is 1. The molecule has 2 heterocycles. The number of aromatic carboxylic acids is 1. The van der Waals surface area contributed by atoms with Crippen molar-refractivity contribution in [2.24, 2.45) is 0 Å². The molecule has 0 aliphatic carbocycles. The first-order valence-corrected chi connectivity index (χ1v) is 11.4. The summed E-state index contributed by atoms with van der Waals surface area (Å²) in [5.74, 6) is 0.0944. The third kappa shape index (κ3) is 4.93. The lowest BCUT2D eigenvalue weighted by molar-refractivity contribution is 0.0691. The predicted octanol–water partition coefficient (Wildman–Crippen LogP) is 5.40. The summed E-state index contributed by atoms with van der Waals surface area (Å²) in [7, 11) is 0. The molecule has 0 amide bonds. The standard InChI is InChI=1S/C26H32N2O3/c1-2-3-14-28-19-23(21-8-4-6-10-24(21)28)20-12-15-27(16-13-20)17-18-31-25-11-7-5-9-22(25)26(29)30/h4-11,19-20H,2-3,12-18H2,1H3,(H,29,30). The van der Waals surface area contributed by atoms with E-state index in [1.165, 1.54) is 29.3 Å². The summed E-state index contributed by atoms with van der Waals surface area (Å²) in [6.07, 6.45) is 7.11. The molecule has 0 unspecified atom stereocenters. The number of ether oxygens (including phenoxy) is 1. The van der Waals surface area contributed by atoms with Crippen LogP contribution in [0.2, 0.25) is 0 Å². The Morgan fingerprint density at radius 3 is 2.58 bits per heavy atom. The van der Waals surface area contributed by atoms with Crippen molar-refractivity contribution >= 4 is 16.9 Å². The van der Waals surface area contributed by atoms with E-state index in [9.17, 15) is 9.90 Å². The average Bonchev–Trinajstić information content (AvgIpc) is 3.17. The van der Waals surface area contributed by atoms with Crippen molar-refractivity contribution in [2.45, 2.75) is 45.1 Å². The van der Waals surface area contributed by atoms with Crippen LogP contribution in [0.3, 0.4) is 0 Å². The van der Waals surface area contributed by atoms with Crippen LogP contribution in [0, 0.1) is 0 Å². The van der Waals surface area contributed by atoms with Gasteiger partial charge in [-0.15, -0.1) is 0 Å². The highest BCUT2D eigenvalue weighted by atomic mass is 16.5. The average molecular weight is 421 g/mol. The van der Waals surface area contributed by atoms with Crippen LogP contribution in [0.5, 0.6) is 5.75 Å². The minimum atomic E-state index is -0.950. The smallest absolute Gasteiger partial charge is 0.339 e. The van der Waals surface area contributed by atoms with Crippen LogP contribution in [0.15, 0.2) is 54.7 Å². The zero-order valence-electron chi connectivity index (χ0n) is 18.3. The van der Waals surface area contributed by atoms with E-state index in [0.29, 0.717) is 18.3 Å². The van der Waals surface area contributed by atoms with E-state index in [4.69, 9.17) is 4.74 Å². The summed E-state index contributed by atoms with van der Waals surface area (Å²) in [5.41, 5.74) is 3.08. The molecule has 1 fully saturated rings. The monoisotopic (exact) mass is 420 g/mol. The summed E-state index contributed by atoms with van der Waals surface area (Å²) in [5, 5.41) is 10.7. The Morgan fingerprint density at radius 1 is 1.06 bits per heavy atom. The van der Waals surface area contributed by atoms with Gasteiger partial charge in [0.25, 0.3) is 0 Å². The van der Waals surface area contributed by atoms with Gasteiger partial charge in [-0.3, -0.25) is 4.90 Å². The minimum absolute atomic E-state index is 0.223. The Kier molecular flexibility index (Phi) is 6.92. The first-order chi connectivity index (χ1) is 15.2. The van der Waals surface area contributed by atoms with Crippen LogP contribution in [0.25, 0.3) is 10.9 Å². The third-order valence-electron chi connectivity index (χ3n) is 6.38. The van der Waals surface area contributed by atoms with Gasteiger partial charge >= 0.3 is 5.97 Å². The molecule has 0 bridgehead atoms. The SMILES string of the molecule is CCCCn1cc(C2CCN(CCOc3ccccc3C(=O)O)CC2)c2ccccc21. The highest BCUT2D eigenvalue weighted by Crippen LogP contribution is 2.34. The van der Waals surface area contributed by atoms with Crippen LogP contribution >= 0.6 is 0 Å². The van der Waals surface area contributed by atoms with Crippen molar-refractivity contribution in [3.05, 3.63) is 65.9 Å². The second-order valence-electron chi connectivity index (χ2n) is 8.41. The fourth-order valence-electron chi connectivity index (χ4n) is 4.64. The summed E-state index contributed by atoms with van der Waals surface area (Å²) >= 11 is 0. The fourth-order valence-corrected chi connectivity index (χ4v) is 4.64. The van der Waals surface area contributed by atoms with Crippen molar-refractivity contribution in [2.75, 3.05) is 26.2 Å². The van der Waals surface area contributed by atoms with Crippen molar-refractivity contribution < 1.29 is 14.6 Å². The number of carboxylic acid groups (broad SMARTS) is 1. The number of rotatable bonds is 9. The number of para-hydroxylation sites is 2. The van der Waals surface area contributed by atoms with E-state index in [1.807, 2.05) is 6.07 Å². The highest BCUT2D eigenvalue weighted by molar-refractivity contribution is 5.90. The minimum Gasteiger partial charge on any atom is -0.491 e. The molecule has 0 radical (unpaired) electrons. The molecule has 5 nitrogen and oxygen atoms in total. The second kappa shape index (κ2) is 10.0. The van der Waals surface area contributed by atoms with E-state index in [-0.39, 0.29) is 5.56 Å². The second-order valence-corrected chi connectivity index (χ2v) is 8.41. The van der Waals surface area contributed by atoms with Gasteiger partial charge in [0.05, 0.1) is 0 Å². The topological polar surface area (TPSA) is 54.7 Å². The summed E-state index contributed by atoms with van der Waals surface area (Å²) in [6, 6.07) is 15.6. The number of likely N-dealkylation sites (tertiary alicyclic amines) is 1. The molecule has 0 atom stereocenters. The van der Waals surface area contributed by atoms with Crippen LogP contribution in [0.4, 0.5) is 0 Å². The Morgan fingerprint density at radius 2 is 1.81 bits per heavy atom. The van der Waals surface area contributed by atoms with Gasteiger partial charge < -0.3 is 14.4 Å². The Bertz CT molecular complexity index is 1020. The number of hydrogen-bond acceptors (Lipinski definition) is 3. The molecule has 1 N–H and O–H groups in total. The maximum absolute atomic E-state index is 11.3. The fraction of sp³-hybridized carbons (Fsp3) is 0.423. The van der Waals surface area contributed by atoms with Crippen molar-refractivity contribution in [1.29, 1.82) is 0 Å². The summed E-state index contributed by atoms with van der Waals surface area (Å²) in [6.45, 7) is 6.74. The number of aromatic nitrogens is 1. The lowest BCUT2D eigenvalue weighted by atomic mass is 9.89. The van der Waals surface area contributed by atoms with Crippen LogP contribution < -0.4 is 4.74 Å². The van der Waals surface area contributed by atoms with E-state index in [0.717, 1.165) is 39.0 Å². The number of aryl methyl sites for hydroxylation is 1. The molecule has 0 spiro atoms. The van der Waals surface area contributed by atoms with Gasteiger partial charge in [-0.1, -0.05) is 43.7 Å². The number of piperidine rings is 1. The normalized spacial score (nSPS) is 15.4. The number of benzene rings is 2. The number of fused-ring (bicyclic) bond motifs is 1. The first-order valence-electron chi connectivity index (χ1n) is 11.4. The summed E-state index contributed by atoms with van der Waals surface area (Å²) in [4.78, 5) is 13.7. The Balaban J connectivity index is 1.34. The van der Waals surface area contributed by atoms with Crippen LogP contribution in [0.1, 0.15) is 54.4 Å². The van der Waals surface area contributed by atoms with Crippen molar-refractivity contribution in [1.82, 2.24) is 9.47 Å². The van der Waals surface area contributed by atoms with Crippen LogP contribution in [-0.2, 0) is 6.54 Å². The lowest BCUT2D eigenvalue weighted by Crippen LogP contribution is -2.35. The number of carbonyl (C=O) groups is 1. The number of nitrogens with zero attached hydrogens (tertiary/aromatic N) is 2. The van der Waals surface area contributed by atoms with Gasteiger partial charge in [-0.2, -0.15) is 0 Å². The highest BCUT2D eigenvalue weighted by Gasteiger charge is 2.23. The maximum Gasteiger partial charge on any atom is 0.339 e. The third-order valence-corrected chi connectivity index (χ3v) is 6.38. The maximum atomic E-state index is 11.3. The molecular formula is C26H32N2O3. The Labute approximate surface area is 184 Å². The molecule has 1 aliphatic rings. The number of unbranched alkanes of at least 4 members (excludes halogenated alkanes) is 1. The first kappa shape index (κ1) is 21.4. The zero-order valence-corrected chi connectivity index (χ0v) is 18.3. The predicted molar refractivity (Wildman–Crippen MR) is 124 cm³/mol. The Hall–Kier alpha value is -2.79. The lowest BCUT2D eigenvalue weighted by Gasteiger charge is -2.31. The van der Waals surface area contributed by atoms with Gasteiger partial charge in [0.2, 0.25) is 0 Å². The van der Waals surface area contributed by atoms with Gasteiger partial charge in [-0.05, 0) is 62.0 Å². The molecule has 1 saturated heterocycles. The van der Waals surface area contributed by atoms with Gasteiger partial charge in [0.1, 0.15) is 17.9 Å². The van der Waals surface area contributed by atoms with Gasteiger partial charge in [0, 0.05) is 30.2 Å². The van der Waals surface area contributed by atoms with E-state index >= 15 is 0 Å².